The number of rotatable bonds is 12. The van der Waals surface area contributed by atoms with Crippen molar-refractivity contribution in [1.82, 2.24) is 41.0 Å². The van der Waals surface area contributed by atoms with Gasteiger partial charge in [-0.3, -0.25) is 19.3 Å². The van der Waals surface area contributed by atoms with Crippen LogP contribution in [0.15, 0.2) is 60.8 Å². The number of nitrogens with one attached hydrogen (secondary N) is 4. The van der Waals surface area contributed by atoms with Crippen LogP contribution in [0.4, 0.5) is 0 Å². The molecule has 5 aromatic rings. The first kappa shape index (κ1) is 33.9. The van der Waals surface area contributed by atoms with E-state index in [0.717, 1.165) is 57.3 Å². The molecule has 5 heterocycles. The number of hydrogen-bond acceptors (Lipinski definition) is 8. The average molecular weight is 714 g/mol. The van der Waals surface area contributed by atoms with Gasteiger partial charge in [0.25, 0.3) is 0 Å². The molecule has 0 spiro atoms. The Morgan fingerprint density at radius 3 is 2.28 bits per heavy atom. The van der Waals surface area contributed by atoms with Gasteiger partial charge in [0.1, 0.15) is 0 Å². The van der Waals surface area contributed by atoms with E-state index in [1.807, 2.05) is 54.2 Å². The van der Waals surface area contributed by atoms with E-state index < -0.39 is 0 Å². The third-order valence-electron chi connectivity index (χ3n) is 9.35. The molecule has 2 aliphatic heterocycles. The summed E-state index contributed by atoms with van der Waals surface area (Å²) in [6.45, 7) is 2.52. The second kappa shape index (κ2) is 14.7. The van der Waals surface area contributed by atoms with Gasteiger partial charge < -0.3 is 26.0 Å². The molecule has 2 aromatic carbocycles. The van der Waals surface area contributed by atoms with Gasteiger partial charge in [-0.05, 0) is 31.0 Å². The van der Waals surface area contributed by atoms with Crippen molar-refractivity contribution >= 4 is 45.9 Å². The maximum absolute atomic E-state index is 11.5. The molecule has 2 aliphatic rings. The Morgan fingerprint density at radius 1 is 0.880 bits per heavy atom. The molecular weight excluding hydrogens is 675 g/mol. The minimum Gasteiger partial charge on any atom is -0.481 e. The van der Waals surface area contributed by atoms with Crippen LogP contribution in [0.2, 0.25) is 10.0 Å². The summed E-state index contributed by atoms with van der Waals surface area (Å²) in [5.74, 6) is 0.713. The summed E-state index contributed by atoms with van der Waals surface area (Å²) in [6, 6.07) is 18.0. The van der Waals surface area contributed by atoms with Crippen LogP contribution in [0.25, 0.3) is 44.5 Å². The molecule has 0 bridgehead atoms. The number of pyridine rings is 2. The number of carbonyl (C=O) groups excluding carboxylic acids is 2. The second-order valence-electron chi connectivity index (χ2n) is 12.7. The largest absolute Gasteiger partial charge is 0.481 e. The first-order chi connectivity index (χ1) is 24.3. The Bertz CT molecular complexity index is 2080. The van der Waals surface area contributed by atoms with E-state index >= 15 is 0 Å². The van der Waals surface area contributed by atoms with E-state index in [0.29, 0.717) is 66.3 Å². The molecule has 0 radical (unpaired) electrons. The van der Waals surface area contributed by atoms with E-state index in [4.69, 9.17) is 38.0 Å². The molecule has 258 valence electrons. The van der Waals surface area contributed by atoms with Gasteiger partial charge in [-0.2, -0.15) is 5.10 Å². The first-order valence-corrected chi connectivity index (χ1v) is 17.5. The molecular formula is C37H38Cl2N8O3. The monoisotopic (exact) mass is 712 g/mol. The van der Waals surface area contributed by atoms with Gasteiger partial charge in [0.05, 0.1) is 39.8 Å². The number of amides is 2. The van der Waals surface area contributed by atoms with E-state index in [1.165, 1.54) is 0 Å². The number of ether oxygens (including phenoxy) is 1. The van der Waals surface area contributed by atoms with E-state index in [1.54, 1.807) is 13.3 Å². The summed E-state index contributed by atoms with van der Waals surface area (Å²) in [4.78, 5) is 32.5. The molecule has 0 saturated carbocycles. The maximum atomic E-state index is 11.5. The fourth-order valence-corrected chi connectivity index (χ4v) is 7.39. The third kappa shape index (κ3) is 7.04. The topological polar surface area (TPSA) is 135 Å². The van der Waals surface area contributed by atoms with Gasteiger partial charge in [0, 0.05) is 97.6 Å². The van der Waals surface area contributed by atoms with Crippen molar-refractivity contribution in [2.75, 3.05) is 20.2 Å². The highest BCUT2D eigenvalue weighted by atomic mass is 35.5. The highest BCUT2D eigenvalue weighted by molar-refractivity contribution is 6.39. The molecule has 0 aliphatic carbocycles. The van der Waals surface area contributed by atoms with Crippen LogP contribution in [0.5, 0.6) is 5.88 Å². The number of carbonyl (C=O) groups is 2. The Labute approximate surface area is 300 Å². The lowest BCUT2D eigenvalue weighted by Crippen LogP contribution is -2.35. The van der Waals surface area contributed by atoms with Crippen molar-refractivity contribution in [3.05, 3.63) is 82.1 Å². The predicted molar refractivity (Wildman–Crippen MR) is 195 cm³/mol. The molecule has 2 unspecified atom stereocenters. The summed E-state index contributed by atoms with van der Waals surface area (Å²) < 4.78 is 7.52. The highest BCUT2D eigenvalue weighted by Crippen LogP contribution is 2.42. The lowest BCUT2D eigenvalue weighted by molar-refractivity contribution is -0.120. The van der Waals surface area contributed by atoms with Gasteiger partial charge in [0.2, 0.25) is 17.7 Å². The van der Waals surface area contributed by atoms with Gasteiger partial charge in [-0.15, -0.1) is 0 Å². The number of benzene rings is 2. The van der Waals surface area contributed by atoms with Crippen molar-refractivity contribution in [2.45, 2.75) is 50.9 Å². The fourth-order valence-electron chi connectivity index (χ4n) is 6.74. The molecule has 2 saturated heterocycles. The number of methoxy groups -OCH3 is 1. The van der Waals surface area contributed by atoms with Crippen molar-refractivity contribution in [1.29, 1.82) is 0 Å². The SMILES string of the molecule is COc1nc(-c2cccc(-c3ccnc(-c4ccc5c(CNCC6CCC(=O)N6)nn(C)c5c4)c3Cl)c2Cl)ccc1CNCC1CCC(=O)N1. The normalized spacial score (nSPS) is 17.4. The smallest absolute Gasteiger partial charge is 0.220 e. The van der Waals surface area contributed by atoms with Gasteiger partial charge >= 0.3 is 0 Å². The molecule has 11 nitrogen and oxygen atoms in total. The van der Waals surface area contributed by atoms with Crippen LogP contribution in [0.1, 0.15) is 36.9 Å². The first-order valence-electron chi connectivity index (χ1n) is 16.7. The number of aryl methyl sites for hydroxylation is 1. The Balaban J connectivity index is 1.11. The van der Waals surface area contributed by atoms with Crippen LogP contribution in [0.3, 0.4) is 0 Å². The summed E-state index contributed by atoms with van der Waals surface area (Å²) >= 11 is 14.2. The fraction of sp³-hybridized carbons (Fsp3) is 0.324. The van der Waals surface area contributed by atoms with Gasteiger partial charge in [-0.25, -0.2) is 4.98 Å². The lowest BCUT2D eigenvalue weighted by atomic mass is 9.99. The van der Waals surface area contributed by atoms with Crippen molar-refractivity contribution < 1.29 is 14.3 Å². The summed E-state index contributed by atoms with van der Waals surface area (Å²) in [5, 5.41) is 19.6. The van der Waals surface area contributed by atoms with Gasteiger partial charge in [-0.1, -0.05) is 59.6 Å². The second-order valence-corrected chi connectivity index (χ2v) is 13.5. The predicted octanol–water partition coefficient (Wildman–Crippen LogP) is 5.42. The standard InChI is InChI=1S/C37H38Cl2N8O3/c1-47-31-16-21(6-10-27(31)30(46-47)20-41-19-24-9-13-33(49)44-24)36-35(39)26(14-15-42-36)25-4-3-5-28(34(25)38)29-11-7-22(37(45-29)50-2)17-40-18-23-8-12-32(48)43-23/h3-7,10-11,14-16,23-24,40-41H,8-9,12-13,17-20H2,1-2H3,(H,43,48)(H,44,49). The van der Waals surface area contributed by atoms with E-state index in [-0.39, 0.29) is 23.9 Å². The van der Waals surface area contributed by atoms with Crippen LogP contribution in [0, 0.1) is 0 Å². The number of nitrogens with zero attached hydrogens (tertiary/aromatic N) is 4. The lowest BCUT2D eigenvalue weighted by Gasteiger charge is -2.15. The zero-order valence-corrected chi connectivity index (χ0v) is 29.4. The molecule has 2 atom stereocenters. The van der Waals surface area contributed by atoms with E-state index in [2.05, 4.69) is 38.4 Å². The molecule has 2 amide bonds. The molecule has 2 fully saturated rings. The third-order valence-corrected chi connectivity index (χ3v) is 10.1. The Kier molecular flexibility index (Phi) is 10.0. The minimum atomic E-state index is 0.0992. The zero-order valence-electron chi connectivity index (χ0n) is 27.9. The quantitative estimate of drug-likeness (QED) is 0.135. The van der Waals surface area contributed by atoms with E-state index in [9.17, 15) is 9.59 Å². The number of halogens is 2. The van der Waals surface area contributed by atoms with Crippen molar-refractivity contribution in [2.24, 2.45) is 7.05 Å². The number of aromatic nitrogens is 4. The minimum absolute atomic E-state index is 0.0992. The van der Waals surface area contributed by atoms with Crippen molar-refractivity contribution in [3.8, 4) is 39.5 Å². The van der Waals surface area contributed by atoms with Crippen LogP contribution in [-0.4, -0.2) is 63.8 Å². The van der Waals surface area contributed by atoms with Crippen molar-refractivity contribution in [3.63, 3.8) is 0 Å². The Hall–Kier alpha value is -4.55. The number of hydrogen-bond donors (Lipinski definition) is 4. The highest BCUT2D eigenvalue weighted by Gasteiger charge is 2.22. The Morgan fingerprint density at radius 2 is 1.58 bits per heavy atom. The number of fused-ring (bicyclic) bond motifs is 1. The molecule has 7 rings (SSSR count). The molecule has 3 aromatic heterocycles. The summed E-state index contributed by atoms with van der Waals surface area (Å²) in [7, 11) is 3.52. The van der Waals surface area contributed by atoms with Crippen LogP contribution >= 0.6 is 23.2 Å². The van der Waals surface area contributed by atoms with Crippen LogP contribution < -0.4 is 26.0 Å². The zero-order chi connectivity index (χ0) is 34.8. The van der Waals surface area contributed by atoms with Gasteiger partial charge in [0.15, 0.2) is 0 Å². The molecule has 4 N–H and O–H groups in total. The molecule has 13 heteroatoms. The molecule has 50 heavy (non-hydrogen) atoms. The van der Waals surface area contributed by atoms with Crippen LogP contribution in [-0.2, 0) is 29.7 Å². The summed E-state index contributed by atoms with van der Waals surface area (Å²) in [6.07, 6.45) is 4.58. The maximum Gasteiger partial charge on any atom is 0.220 e. The average Bonchev–Trinajstić information content (AvgIpc) is 3.83. The summed E-state index contributed by atoms with van der Waals surface area (Å²) in [5.41, 5.74) is 7.23.